The van der Waals surface area contributed by atoms with E-state index in [4.69, 9.17) is 5.14 Å². The second-order valence-corrected chi connectivity index (χ2v) is 4.10. The SMILES string of the molecule is NS(=O)(=O)c1ncc(Br)cn1. The van der Waals surface area contributed by atoms with E-state index >= 15 is 0 Å². The van der Waals surface area contributed by atoms with Crippen molar-refractivity contribution in [2.24, 2.45) is 5.14 Å². The van der Waals surface area contributed by atoms with Gasteiger partial charge in [-0.3, -0.25) is 0 Å². The molecule has 1 aromatic heterocycles. The van der Waals surface area contributed by atoms with Crippen molar-refractivity contribution in [1.82, 2.24) is 9.97 Å². The van der Waals surface area contributed by atoms with Crippen molar-refractivity contribution in [3.63, 3.8) is 0 Å². The number of nitrogens with zero attached hydrogens (tertiary/aromatic N) is 2. The van der Waals surface area contributed by atoms with Gasteiger partial charge in [0.1, 0.15) is 0 Å². The summed E-state index contributed by atoms with van der Waals surface area (Å²) in [4.78, 5) is 6.96. The lowest BCUT2D eigenvalue weighted by Gasteiger charge is -1.93. The van der Waals surface area contributed by atoms with Crippen LogP contribution in [0.2, 0.25) is 0 Å². The molecule has 0 amide bonds. The highest BCUT2D eigenvalue weighted by Crippen LogP contribution is 2.05. The molecule has 1 heterocycles. The lowest BCUT2D eigenvalue weighted by molar-refractivity contribution is 0.588. The number of rotatable bonds is 1. The summed E-state index contributed by atoms with van der Waals surface area (Å²) in [6, 6.07) is 0. The molecule has 5 nitrogen and oxygen atoms in total. The monoisotopic (exact) mass is 237 g/mol. The van der Waals surface area contributed by atoms with Crippen LogP contribution in [0, 0.1) is 0 Å². The van der Waals surface area contributed by atoms with Gasteiger partial charge < -0.3 is 0 Å². The van der Waals surface area contributed by atoms with Gasteiger partial charge in [0, 0.05) is 12.4 Å². The smallest absolute Gasteiger partial charge is 0.224 e. The maximum absolute atomic E-state index is 10.6. The minimum atomic E-state index is -3.76. The fraction of sp³-hybridized carbons (Fsp3) is 0. The lowest BCUT2D eigenvalue weighted by atomic mass is 10.7. The molecule has 0 saturated heterocycles. The number of nitrogens with two attached hydrogens (primary N) is 1. The van der Waals surface area contributed by atoms with Gasteiger partial charge in [-0.05, 0) is 15.9 Å². The number of hydrogen-bond donors (Lipinski definition) is 1. The summed E-state index contributed by atoms with van der Waals surface area (Å²) in [7, 11) is -3.76. The molecular weight excluding hydrogens is 234 g/mol. The minimum absolute atomic E-state index is 0.374. The van der Waals surface area contributed by atoms with Gasteiger partial charge in [0.25, 0.3) is 15.2 Å². The Morgan fingerprint density at radius 2 is 1.82 bits per heavy atom. The average Bonchev–Trinajstić information content (AvgIpc) is 1.86. The molecule has 0 atom stereocenters. The molecule has 0 aromatic carbocycles. The van der Waals surface area contributed by atoms with Crippen molar-refractivity contribution in [2.75, 3.05) is 0 Å². The van der Waals surface area contributed by atoms with Crippen LogP contribution in [0.25, 0.3) is 0 Å². The molecule has 1 aromatic rings. The number of aromatic nitrogens is 2. The van der Waals surface area contributed by atoms with Crippen molar-refractivity contribution in [1.29, 1.82) is 0 Å². The number of hydrogen-bond acceptors (Lipinski definition) is 4. The molecule has 0 aliphatic rings. The van der Waals surface area contributed by atoms with E-state index in [0.29, 0.717) is 4.47 Å². The Labute approximate surface area is 71.8 Å². The Kier molecular flexibility index (Phi) is 2.21. The predicted octanol–water partition coefficient (Wildman–Crippen LogP) is -0.113. The van der Waals surface area contributed by atoms with Gasteiger partial charge in [0.15, 0.2) is 0 Å². The van der Waals surface area contributed by atoms with Crippen molar-refractivity contribution < 1.29 is 8.42 Å². The molecule has 7 heteroatoms. The van der Waals surface area contributed by atoms with E-state index in [1.165, 1.54) is 12.4 Å². The quantitative estimate of drug-likeness (QED) is 0.691. The van der Waals surface area contributed by atoms with Crippen LogP contribution >= 0.6 is 15.9 Å². The van der Waals surface area contributed by atoms with E-state index < -0.39 is 10.0 Å². The standard InChI is InChI=1S/C4H4BrN3O2S/c5-3-1-7-4(8-2-3)11(6,9)10/h1-2H,(H2,6,9,10). The second-order valence-electron chi connectivity index (χ2n) is 1.73. The maximum Gasteiger partial charge on any atom is 0.273 e. The topological polar surface area (TPSA) is 85.9 Å². The molecular formula is C4H4BrN3O2S. The third kappa shape index (κ3) is 2.21. The van der Waals surface area contributed by atoms with Gasteiger partial charge in [-0.15, -0.1) is 0 Å². The maximum atomic E-state index is 10.6. The highest BCUT2D eigenvalue weighted by atomic mass is 79.9. The minimum Gasteiger partial charge on any atom is -0.224 e. The van der Waals surface area contributed by atoms with Crippen molar-refractivity contribution in [3.8, 4) is 0 Å². The van der Waals surface area contributed by atoms with Gasteiger partial charge in [0.2, 0.25) is 0 Å². The predicted molar refractivity (Wildman–Crippen MR) is 41.1 cm³/mol. The zero-order valence-corrected chi connectivity index (χ0v) is 7.63. The molecule has 0 unspecified atom stereocenters. The summed E-state index contributed by atoms with van der Waals surface area (Å²) in [5.74, 6) is 0. The van der Waals surface area contributed by atoms with Gasteiger partial charge in [-0.25, -0.2) is 23.5 Å². The first-order valence-electron chi connectivity index (χ1n) is 2.50. The molecule has 0 fully saturated rings. The van der Waals surface area contributed by atoms with Crippen LogP contribution in [0.15, 0.2) is 22.0 Å². The van der Waals surface area contributed by atoms with Crippen molar-refractivity contribution in [2.45, 2.75) is 5.16 Å². The van der Waals surface area contributed by atoms with Crippen LogP contribution in [0.5, 0.6) is 0 Å². The summed E-state index contributed by atoms with van der Waals surface area (Å²) in [5.41, 5.74) is 0. The molecule has 0 aliphatic heterocycles. The van der Waals surface area contributed by atoms with E-state index in [-0.39, 0.29) is 5.16 Å². The van der Waals surface area contributed by atoms with Crippen molar-refractivity contribution >= 4 is 26.0 Å². The summed E-state index contributed by atoms with van der Waals surface area (Å²) in [6.07, 6.45) is 2.62. The van der Waals surface area contributed by atoms with Crippen LogP contribution in [0.4, 0.5) is 0 Å². The Morgan fingerprint density at radius 1 is 1.36 bits per heavy atom. The Morgan fingerprint density at radius 3 is 2.18 bits per heavy atom. The van der Waals surface area contributed by atoms with Crippen molar-refractivity contribution in [3.05, 3.63) is 16.9 Å². The molecule has 0 saturated carbocycles. The van der Waals surface area contributed by atoms with Crippen LogP contribution in [0.1, 0.15) is 0 Å². The fourth-order valence-electron chi connectivity index (χ4n) is 0.447. The molecule has 2 N–H and O–H groups in total. The third-order valence-corrected chi connectivity index (χ3v) is 1.98. The van der Waals surface area contributed by atoms with E-state index in [1.807, 2.05) is 0 Å². The number of sulfonamides is 1. The van der Waals surface area contributed by atoms with E-state index in [9.17, 15) is 8.42 Å². The first kappa shape index (κ1) is 8.57. The lowest BCUT2D eigenvalue weighted by Crippen LogP contribution is -2.15. The Bertz CT molecular complexity index is 346. The fourth-order valence-corrected chi connectivity index (χ4v) is 1.05. The molecule has 60 valence electrons. The van der Waals surface area contributed by atoms with Gasteiger partial charge in [0.05, 0.1) is 4.47 Å². The van der Waals surface area contributed by atoms with Crippen LogP contribution in [0.3, 0.4) is 0 Å². The van der Waals surface area contributed by atoms with Crippen LogP contribution < -0.4 is 5.14 Å². The summed E-state index contributed by atoms with van der Waals surface area (Å²) < 4.78 is 21.8. The molecule has 0 aliphatic carbocycles. The van der Waals surface area contributed by atoms with E-state index in [0.717, 1.165) is 0 Å². The number of primary sulfonamides is 1. The molecule has 1 rings (SSSR count). The van der Waals surface area contributed by atoms with Crippen LogP contribution in [-0.4, -0.2) is 18.4 Å². The largest absolute Gasteiger partial charge is 0.273 e. The van der Waals surface area contributed by atoms with Gasteiger partial charge >= 0.3 is 0 Å². The normalized spacial score (nSPS) is 11.5. The first-order valence-corrected chi connectivity index (χ1v) is 4.84. The van der Waals surface area contributed by atoms with Gasteiger partial charge in [-0.2, -0.15) is 0 Å². The summed E-state index contributed by atoms with van der Waals surface area (Å²) in [5, 5.41) is 4.36. The zero-order valence-electron chi connectivity index (χ0n) is 5.23. The van der Waals surface area contributed by atoms with Gasteiger partial charge in [-0.1, -0.05) is 0 Å². The Balaban J connectivity index is 3.20. The summed E-state index contributed by atoms with van der Waals surface area (Å²) in [6.45, 7) is 0. The first-order chi connectivity index (χ1) is 5.00. The molecule has 0 radical (unpaired) electrons. The third-order valence-electron chi connectivity index (χ3n) is 0.851. The zero-order chi connectivity index (χ0) is 8.48. The molecule has 0 bridgehead atoms. The highest BCUT2D eigenvalue weighted by Gasteiger charge is 2.09. The van der Waals surface area contributed by atoms with E-state index in [1.54, 1.807) is 0 Å². The van der Waals surface area contributed by atoms with E-state index in [2.05, 4.69) is 25.9 Å². The average molecular weight is 238 g/mol. The Hall–Kier alpha value is -0.530. The number of halogens is 1. The molecule has 0 spiro atoms. The van der Waals surface area contributed by atoms with Crippen LogP contribution in [-0.2, 0) is 10.0 Å². The second kappa shape index (κ2) is 2.84. The molecule has 11 heavy (non-hydrogen) atoms. The highest BCUT2D eigenvalue weighted by molar-refractivity contribution is 9.10. The summed E-state index contributed by atoms with van der Waals surface area (Å²) >= 11 is 3.05.